The van der Waals surface area contributed by atoms with Crippen molar-refractivity contribution in [3.05, 3.63) is 24.8 Å². The molecule has 0 spiro atoms. The smallest absolute Gasteiger partial charge is 0.211 e. The molecule has 7 heteroatoms. The molecule has 0 saturated carbocycles. The maximum Gasteiger partial charge on any atom is 0.211 e. The second-order valence-electron chi connectivity index (χ2n) is 4.77. The number of aromatic nitrogens is 5. The summed E-state index contributed by atoms with van der Waals surface area (Å²) in [5.74, 6) is 0. The SMILES string of the molecule is CCCC(CC#N)[n+]1ncc(-c2ncnc3[nH]ccc23)s1. The van der Waals surface area contributed by atoms with Gasteiger partial charge in [0.05, 0.1) is 6.07 Å². The summed E-state index contributed by atoms with van der Waals surface area (Å²) in [6, 6.07) is 4.35. The largest absolute Gasteiger partial charge is 0.346 e. The third kappa shape index (κ3) is 2.62. The van der Waals surface area contributed by atoms with Crippen LogP contribution in [0.3, 0.4) is 0 Å². The van der Waals surface area contributed by atoms with E-state index in [0.717, 1.165) is 34.4 Å². The zero-order valence-electron chi connectivity index (χ0n) is 11.7. The van der Waals surface area contributed by atoms with Crippen LogP contribution in [-0.2, 0) is 0 Å². The normalized spacial score (nSPS) is 12.4. The third-order valence-electron chi connectivity index (χ3n) is 3.33. The number of aromatic amines is 1. The number of nitrogens with zero attached hydrogens (tertiary/aromatic N) is 5. The van der Waals surface area contributed by atoms with Gasteiger partial charge in [0.25, 0.3) is 0 Å². The Kier molecular flexibility index (Phi) is 3.88. The van der Waals surface area contributed by atoms with Crippen LogP contribution in [0.1, 0.15) is 32.2 Å². The molecule has 0 aromatic carbocycles. The fourth-order valence-corrected chi connectivity index (χ4v) is 3.30. The molecular weight excluding hydrogens is 284 g/mol. The number of rotatable bonds is 5. The number of nitrogens with one attached hydrogen (secondary N) is 1. The summed E-state index contributed by atoms with van der Waals surface area (Å²) in [7, 11) is 0. The predicted octanol–water partition coefficient (Wildman–Crippen LogP) is 2.62. The molecule has 1 N–H and O–H groups in total. The van der Waals surface area contributed by atoms with Crippen molar-refractivity contribution in [1.29, 1.82) is 5.26 Å². The first-order valence-electron chi connectivity index (χ1n) is 6.87. The number of nitriles is 1. The molecule has 1 atom stereocenters. The Morgan fingerprint density at radius 1 is 1.48 bits per heavy atom. The maximum absolute atomic E-state index is 8.95. The zero-order chi connectivity index (χ0) is 14.7. The Hall–Kier alpha value is -2.33. The van der Waals surface area contributed by atoms with Crippen molar-refractivity contribution in [3.8, 4) is 16.6 Å². The van der Waals surface area contributed by atoms with Gasteiger partial charge >= 0.3 is 0 Å². The quantitative estimate of drug-likeness (QED) is 0.734. The molecule has 0 saturated heterocycles. The molecule has 0 radical (unpaired) electrons. The van der Waals surface area contributed by atoms with Crippen molar-refractivity contribution in [2.24, 2.45) is 0 Å². The fourth-order valence-electron chi connectivity index (χ4n) is 2.33. The Morgan fingerprint density at radius 2 is 2.38 bits per heavy atom. The zero-order valence-corrected chi connectivity index (χ0v) is 12.5. The highest BCUT2D eigenvalue weighted by Gasteiger charge is 2.24. The van der Waals surface area contributed by atoms with E-state index in [4.69, 9.17) is 5.26 Å². The van der Waals surface area contributed by atoms with Gasteiger partial charge in [-0.25, -0.2) is 9.97 Å². The van der Waals surface area contributed by atoms with Crippen molar-refractivity contribution >= 4 is 22.6 Å². The molecule has 0 fully saturated rings. The minimum Gasteiger partial charge on any atom is -0.346 e. The first kappa shape index (κ1) is 13.6. The average Bonchev–Trinajstić information content (AvgIpc) is 3.15. The second kappa shape index (κ2) is 5.97. The Bertz CT molecular complexity index is 784. The summed E-state index contributed by atoms with van der Waals surface area (Å²) < 4.78 is 1.92. The lowest BCUT2D eigenvalue weighted by Crippen LogP contribution is -2.38. The van der Waals surface area contributed by atoms with Gasteiger partial charge in [-0.3, -0.25) is 0 Å². The van der Waals surface area contributed by atoms with E-state index in [1.54, 1.807) is 17.9 Å². The number of hydrogen-bond acceptors (Lipinski definition) is 5. The van der Waals surface area contributed by atoms with E-state index < -0.39 is 0 Å². The van der Waals surface area contributed by atoms with Crippen LogP contribution in [0.2, 0.25) is 0 Å². The van der Waals surface area contributed by atoms with Crippen LogP contribution < -0.4 is 4.07 Å². The molecule has 3 rings (SSSR count). The lowest BCUT2D eigenvalue weighted by molar-refractivity contribution is -0.714. The first-order valence-corrected chi connectivity index (χ1v) is 7.64. The first-order chi connectivity index (χ1) is 10.3. The standard InChI is InChI=1S/C14H14N6S/c1-2-3-10(4-6-15)20-19-8-12(21-20)13-11-5-7-16-14(11)18-9-17-13/h5,7-10H,2-4H2,1H3/p+1. The minimum atomic E-state index is 0.141. The van der Waals surface area contributed by atoms with Crippen LogP contribution in [0.4, 0.5) is 0 Å². The van der Waals surface area contributed by atoms with Crippen molar-refractivity contribution in [1.82, 2.24) is 20.1 Å². The van der Waals surface area contributed by atoms with E-state index >= 15 is 0 Å². The highest BCUT2D eigenvalue weighted by atomic mass is 32.1. The highest BCUT2D eigenvalue weighted by Crippen LogP contribution is 2.26. The Balaban J connectivity index is 1.98. The molecule has 6 nitrogen and oxygen atoms in total. The maximum atomic E-state index is 8.95. The van der Waals surface area contributed by atoms with Crippen LogP contribution in [0.25, 0.3) is 21.6 Å². The molecule has 3 heterocycles. The molecule has 0 aliphatic heterocycles. The lowest BCUT2D eigenvalue weighted by Gasteiger charge is -2.00. The van der Waals surface area contributed by atoms with Crippen molar-refractivity contribution in [3.63, 3.8) is 0 Å². The van der Waals surface area contributed by atoms with Gasteiger partial charge in [0.2, 0.25) is 6.04 Å². The molecule has 0 aliphatic carbocycles. The lowest BCUT2D eigenvalue weighted by atomic mass is 10.1. The monoisotopic (exact) mass is 299 g/mol. The molecule has 0 aliphatic rings. The Morgan fingerprint density at radius 3 is 3.19 bits per heavy atom. The fraction of sp³-hybridized carbons (Fsp3) is 0.357. The topological polar surface area (TPSA) is 82.1 Å². The summed E-state index contributed by atoms with van der Waals surface area (Å²) in [4.78, 5) is 12.6. The molecule has 0 amide bonds. The van der Waals surface area contributed by atoms with Gasteiger partial charge < -0.3 is 4.98 Å². The molecular formula is C14H15N6S+. The molecule has 106 valence electrons. The van der Waals surface area contributed by atoms with Gasteiger partial charge in [-0.05, 0) is 16.6 Å². The van der Waals surface area contributed by atoms with Crippen LogP contribution >= 0.6 is 11.5 Å². The molecule has 0 bridgehead atoms. The van der Waals surface area contributed by atoms with Crippen LogP contribution in [0.15, 0.2) is 24.8 Å². The van der Waals surface area contributed by atoms with Crippen molar-refractivity contribution < 1.29 is 4.07 Å². The molecule has 1 unspecified atom stereocenters. The van der Waals surface area contributed by atoms with Gasteiger partial charge in [-0.15, -0.1) is 0 Å². The molecule has 3 aromatic rings. The van der Waals surface area contributed by atoms with Crippen LogP contribution in [0.5, 0.6) is 0 Å². The van der Waals surface area contributed by atoms with Gasteiger partial charge in [0.15, 0.2) is 11.5 Å². The predicted molar refractivity (Wildman–Crippen MR) is 79.4 cm³/mol. The van der Waals surface area contributed by atoms with Crippen LogP contribution in [-0.4, -0.2) is 20.1 Å². The number of H-pyrrole nitrogens is 1. The van der Waals surface area contributed by atoms with E-state index in [9.17, 15) is 0 Å². The van der Waals surface area contributed by atoms with E-state index in [1.165, 1.54) is 0 Å². The van der Waals surface area contributed by atoms with E-state index in [1.807, 2.05) is 22.5 Å². The summed E-state index contributed by atoms with van der Waals surface area (Å²) in [6.07, 6.45) is 7.69. The summed E-state index contributed by atoms with van der Waals surface area (Å²) >= 11 is 1.54. The van der Waals surface area contributed by atoms with Gasteiger partial charge in [-0.2, -0.15) is 5.26 Å². The summed E-state index contributed by atoms with van der Waals surface area (Å²) in [5, 5.41) is 14.4. The van der Waals surface area contributed by atoms with E-state index in [-0.39, 0.29) is 6.04 Å². The van der Waals surface area contributed by atoms with E-state index in [0.29, 0.717) is 6.42 Å². The second-order valence-corrected chi connectivity index (χ2v) is 5.77. The van der Waals surface area contributed by atoms with Crippen molar-refractivity contribution in [2.75, 3.05) is 0 Å². The van der Waals surface area contributed by atoms with Crippen LogP contribution in [0, 0.1) is 11.3 Å². The van der Waals surface area contributed by atoms with Gasteiger partial charge in [0, 0.05) is 23.1 Å². The Labute approximate surface area is 126 Å². The van der Waals surface area contributed by atoms with E-state index in [2.05, 4.69) is 33.0 Å². The molecule has 3 aromatic heterocycles. The third-order valence-corrected chi connectivity index (χ3v) is 4.40. The number of hydrogen-bond donors (Lipinski definition) is 1. The number of fused-ring (bicyclic) bond motifs is 1. The van der Waals surface area contributed by atoms with Gasteiger partial charge in [0.1, 0.15) is 35.2 Å². The van der Waals surface area contributed by atoms with Gasteiger partial charge in [-0.1, -0.05) is 6.92 Å². The van der Waals surface area contributed by atoms with Crippen molar-refractivity contribution in [2.45, 2.75) is 32.2 Å². The summed E-state index contributed by atoms with van der Waals surface area (Å²) in [5.41, 5.74) is 1.70. The highest BCUT2D eigenvalue weighted by molar-refractivity contribution is 7.05. The molecule has 21 heavy (non-hydrogen) atoms. The summed E-state index contributed by atoms with van der Waals surface area (Å²) in [6.45, 7) is 2.12. The minimum absolute atomic E-state index is 0.141. The average molecular weight is 299 g/mol.